The largest absolute Gasteiger partial charge is 0.490 e. The maximum Gasteiger partial charge on any atom is 0.123 e. The predicted octanol–water partition coefficient (Wildman–Crippen LogP) is 14.9. The lowest BCUT2D eigenvalue weighted by atomic mass is 9.92. The number of ether oxygens (including phenoxy) is 2. The number of rotatable bonds is 8. The second kappa shape index (κ2) is 19.4. The standard InChI is InChI=1S/C57H54N2O2/c1-42-19-17-37-60-56(44(3)31-29-42)35-32-45(4)58(48-22-11-7-12-23-48)55-40-46-21-9-5-6-10-26-50(41-54(46)52-27-15-16-28-53(52)55)59(49-24-13-8-14-25-49)51-34-36-57-47(39-51)33-30-43(2)20-18-38-61-57/h5-20,22-25,27-30,32,34-36,39-41H,4,21,26,31,33,37-38H2,1-3H3/b9-5-,10-6-,19-17-,20-18-,35-32-,42-29-,43-30-,50-41+,56-44-. The molecule has 0 atom stereocenters. The minimum Gasteiger partial charge on any atom is -0.490 e. The summed E-state index contributed by atoms with van der Waals surface area (Å²) < 4.78 is 12.5. The fraction of sp³-hybridized carbons (Fsp3) is 0.158. The topological polar surface area (TPSA) is 24.9 Å². The first-order chi connectivity index (χ1) is 29.9. The van der Waals surface area contributed by atoms with E-state index in [9.17, 15) is 0 Å². The van der Waals surface area contributed by atoms with Gasteiger partial charge in [0.15, 0.2) is 0 Å². The first-order valence-electron chi connectivity index (χ1n) is 21.3. The highest BCUT2D eigenvalue weighted by molar-refractivity contribution is 6.03. The van der Waals surface area contributed by atoms with E-state index in [1.54, 1.807) is 0 Å². The van der Waals surface area contributed by atoms with Gasteiger partial charge < -0.3 is 19.3 Å². The Morgan fingerprint density at radius 2 is 1.26 bits per heavy atom. The monoisotopic (exact) mass is 798 g/mol. The molecule has 0 fully saturated rings. The van der Waals surface area contributed by atoms with Gasteiger partial charge in [0, 0.05) is 40.3 Å². The third-order valence-electron chi connectivity index (χ3n) is 11.3. The Morgan fingerprint density at radius 3 is 2.02 bits per heavy atom. The quantitative estimate of drug-likeness (QED) is 0.146. The summed E-state index contributed by atoms with van der Waals surface area (Å²) in [6, 6.07) is 39.1. The lowest BCUT2D eigenvalue weighted by Gasteiger charge is -2.30. The Hall–Kier alpha value is -7.04. The number of fused-ring (bicyclic) bond motifs is 4. The SMILES string of the molecule is C=C(/C=C\C1=C(/C)C/C=C(C)\C=C/CO1)N(c1ccccc1)c1cc2c(c3ccccc13)/C=C(/N(c1ccccc1)c1ccc3c(c1)C/C=C(C)\C=C/CO3)C/C=C\C=C/C2. The molecular formula is C57H54N2O2. The Morgan fingerprint density at radius 1 is 0.607 bits per heavy atom. The lowest BCUT2D eigenvalue weighted by Crippen LogP contribution is -2.17. The van der Waals surface area contributed by atoms with Gasteiger partial charge in [-0.3, -0.25) is 0 Å². The zero-order chi connectivity index (χ0) is 42.0. The summed E-state index contributed by atoms with van der Waals surface area (Å²) in [5, 5.41) is 2.32. The van der Waals surface area contributed by atoms with Crippen LogP contribution in [0.25, 0.3) is 16.8 Å². The van der Waals surface area contributed by atoms with Crippen LogP contribution in [0.5, 0.6) is 5.75 Å². The van der Waals surface area contributed by atoms with Crippen molar-refractivity contribution in [1.29, 1.82) is 0 Å². The van der Waals surface area contributed by atoms with Crippen LogP contribution in [0, 0.1) is 0 Å². The Balaban J connectivity index is 1.28. The molecule has 0 saturated carbocycles. The molecule has 0 spiro atoms. The number of hydrogen-bond donors (Lipinski definition) is 0. The minimum absolute atomic E-state index is 0.516. The number of benzene rings is 5. The van der Waals surface area contributed by atoms with Gasteiger partial charge in [-0.05, 0) is 147 Å². The van der Waals surface area contributed by atoms with E-state index >= 15 is 0 Å². The van der Waals surface area contributed by atoms with Gasteiger partial charge in [-0.2, -0.15) is 0 Å². The highest BCUT2D eigenvalue weighted by atomic mass is 16.5. The molecule has 0 amide bonds. The van der Waals surface area contributed by atoms with Gasteiger partial charge in [0.1, 0.15) is 24.7 Å². The van der Waals surface area contributed by atoms with E-state index in [0.717, 1.165) is 76.6 Å². The number of allylic oxidation sites excluding steroid dienone is 13. The van der Waals surface area contributed by atoms with Gasteiger partial charge in [-0.15, -0.1) is 0 Å². The number of nitrogens with zero attached hydrogens (tertiary/aromatic N) is 2. The molecule has 2 heterocycles. The summed E-state index contributed by atoms with van der Waals surface area (Å²) in [6.45, 7) is 12.2. The molecule has 3 aliphatic rings. The molecule has 1 aliphatic carbocycles. The van der Waals surface area contributed by atoms with Crippen molar-refractivity contribution in [2.45, 2.75) is 46.5 Å². The van der Waals surface area contributed by atoms with Crippen LogP contribution >= 0.6 is 0 Å². The molecular weight excluding hydrogens is 745 g/mol. The predicted molar refractivity (Wildman–Crippen MR) is 259 cm³/mol. The van der Waals surface area contributed by atoms with Crippen LogP contribution < -0.4 is 14.5 Å². The van der Waals surface area contributed by atoms with Gasteiger partial charge in [0.2, 0.25) is 0 Å². The van der Waals surface area contributed by atoms with Gasteiger partial charge in [-0.1, -0.05) is 127 Å². The molecule has 4 nitrogen and oxygen atoms in total. The molecule has 4 heteroatoms. The summed E-state index contributed by atoms with van der Waals surface area (Å²) >= 11 is 0. The molecule has 0 aromatic heterocycles. The van der Waals surface area contributed by atoms with Crippen LogP contribution in [-0.4, -0.2) is 13.2 Å². The molecule has 5 aromatic rings. The summed E-state index contributed by atoms with van der Waals surface area (Å²) in [5.41, 5.74) is 13.6. The van der Waals surface area contributed by atoms with E-state index in [-0.39, 0.29) is 0 Å². The van der Waals surface area contributed by atoms with E-state index in [4.69, 9.17) is 16.1 Å². The molecule has 0 unspecified atom stereocenters. The highest BCUT2D eigenvalue weighted by Crippen LogP contribution is 2.42. The van der Waals surface area contributed by atoms with Crippen molar-refractivity contribution in [3.05, 3.63) is 239 Å². The zero-order valence-corrected chi connectivity index (χ0v) is 35.6. The van der Waals surface area contributed by atoms with Crippen LogP contribution in [0.3, 0.4) is 0 Å². The van der Waals surface area contributed by atoms with Gasteiger partial charge in [0.05, 0.1) is 5.69 Å². The first kappa shape index (κ1) is 40.7. The van der Waals surface area contributed by atoms with Crippen molar-refractivity contribution >= 4 is 39.6 Å². The van der Waals surface area contributed by atoms with Crippen molar-refractivity contribution in [3.63, 3.8) is 0 Å². The highest BCUT2D eigenvalue weighted by Gasteiger charge is 2.22. The molecule has 0 radical (unpaired) electrons. The summed E-state index contributed by atoms with van der Waals surface area (Å²) in [4.78, 5) is 4.70. The van der Waals surface area contributed by atoms with E-state index in [2.05, 4.69) is 219 Å². The second-order valence-corrected chi connectivity index (χ2v) is 15.7. The lowest BCUT2D eigenvalue weighted by molar-refractivity contribution is 0.257. The Kier molecular flexibility index (Phi) is 12.9. The minimum atomic E-state index is 0.516. The van der Waals surface area contributed by atoms with Crippen molar-refractivity contribution < 1.29 is 9.47 Å². The Bertz CT molecular complexity index is 2680. The second-order valence-electron chi connectivity index (χ2n) is 15.7. The molecule has 8 rings (SSSR count). The molecule has 0 bridgehead atoms. The summed E-state index contributed by atoms with van der Waals surface area (Å²) in [7, 11) is 0. The third-order valence-corrected chi connectivity index (χ3v) is 11.3. The molecule has 61 heavy (non-hydrogen) atoms. The molecule has 2 aliphatic heterocycles. The van der Waals surface area contributed by atoms with Crippen molar-refractivity contribution in [2.24, 2.45) is 0 Å². The fourth-order valence-corrected chi connectivity index (χ4v) is 8.11. The number of anilines is 4. The average Bonchev–Trinajstić information content (AvgIpc) is 3.43. The van der Waals surface area contributed by atoms with Crippen LogP contribution in [-0.2, 0) is 17.6 Å². The van der Waals surface area contributed by atoms with Crippen molar-refractivity contribution in [2.75, 3.05) is 23.0 Å². The molecule has 0 saturated heterocycles. The van der Waals surface area contributed by atoms with Gasteiger partial charge in [0.25, 0.3) is 0 Å². The van der Waals surface area contributed by atoms with Gasteiger partial charge in [-0.25, -0.2) is 0 Å². The van der Waals surface area contributed by atoms with E-state index in [0.29, 0.717) is 13.2 Å². The van der Waals surface area contributed by atoms with E-state index in [1.165, 1.54) is 38.9 Å². The van der Waals surface area contributed by atoms with Crippen LogP contribution in [0.4, 0.5) is 22.7 Å². The Labute approximate surface area is 362 Å². The number of hydrogen-bond acceptors (Lipinski definition) is 4. The molecule has 5 aromatic carbocycles. The fourth-order valence-electron chi connectivity index (χ4n) is 8.11. The zero-order valence-electron chi connectivity index (χ0n) is 35.6. The molecule has 304 valence electrons. The van der Waals surface area contributed by atoms with E-state index in [1.807, 2.05) is 0 Å². The molecule has 0 N–H and O–H groups in total. The maximum absolute atomic E-state index is 6.28. The van der Waals surface area contributed by atoms with E-state index < -0.39 is 0 Å². The van der Waals surface area contributed by atoms with Crippen LogP contribution in [0.1, 0.15) is 50.3 Å². The summed E-state index contributed by atoms with van der Waals surface area (Å²) in [6.07, 6.45) is 31.5. The first-order valence-corrected chi connectivity index (χ1v) is 21.3. The smallest absolute Gasteiger partial charge is 0.123 e. The van der Waals surface area contributed by atoms with Crippen molar-refractivity contribution in [1.82, 2.24) is 0 Å². The van der Waals surface area contributed by atoms with Crippen LogP contribution in [0.15, 0.2) is 223 Å². The van der Waals surface area contributed by atoms with Gasteiger partial charge >= 0.3 is 0 Å². The third kappa shape index (κ3) is 9.72. The normalized spacial score (nSPS) is 21.5. The average molecular weight is 799 g/mol. The number of para-hydroxylation sites is 2. The maximum atomic E-state index is 6.28. The summed E-state index contributed by atoms with van der Waals surface area (Å²) in [5.74, 6) is 1.79. The van der Waals surface area contributed by atoms with Crippen LogP contribution in [0.2, 0.25) is 0 Å². The van der Waals surface area contributed by atoms with Crippen molar-refractivity contribution in [3.8, 4) is 5.75 Å².